The number of aryl methyl sites for hydroxylation is 1. The van der Waals surface area contributed by atoms with Gasteiger partial charge in [0.1, 0.15) is 11.9 Å². The molecular formula is C16H17FN4O3. The first-order valence-corrected chi connectivity index (χ1v) is 7.46. The minimum absolute atomic E-state index is 0.199. The van der Waals surface area contributed by atoms with Crippen molar-refractivity contribution in [2.24, 2.45) is 7.05 Å². The molecule has 0 aliphatic carbocycles. The Morgan fingerprint density at radius 3 is 2.88 bits per heavy atom. The number of carbonyl (C=O) groups excluding carboxylic acids is 2. The number of nitrogens with one attached hydrogen (secondary N) is 1. The first-order valence-electron chi connectivity index (χ1n) is 7.46. The molecule has 1 N–H and O–H groups in total. The quantitative estimate of drug-likeness (QED) is 0.924. The average molecular weight is 332 g/mol. The number of nitrogens with zero attached hydrogens (tertiary/aromatic N) is 3. The van der Waals surface area contributed by atoms with Gasteiger partial charge in [0.2, 0.25) is 5.91 Å². The molecule has 2 heterocycles. The number of aromatic nitrogens is 2. The number of cyclic esters (lactones) is 1. The van der Waals surface area contributed by atoms with E-state index in [1.54, 1.807) is 36.1 Å². The van der Waals surface area contributed by atoms with Crippen molar-refractivity contribution in [3.05, 3.63) is 36.3 Å². The van der Waals surface area contributed by atoms with Crippen LogP contribution in [0.25, 0.3) is 11.3 Å². The van der Waals surface area contributed by atoms with Gasteiger partial charge in [0.15, 0.2) is 0 Å². The smallest absolute Gasteiger partial charge is 0.414 e. The lowest BCUT2D eigenvalue weighted by molar-refractivity contribution is -0.119. The number of hydrogen-bond acceptors (Lipinski definition) is 4. The monoisotopic (exact) mass is 332 g/mol. The first-order chi connectivity index (χ1) is 11.4. The fraction of sp³-hybridized carbons (Fsp3) is 0.312. The van der Waals surface area contributed by atoms with E-state index in [1.807, 2.05) is 0 Å². The summed E-state index contributed by atoms with van der Waals surface area (Å²) < 4.78 is 21.2. The first kappa shape index (κ1) is 16.0. The number of hydrogen-bond donors (Lipinski definition) is 1. The maximum atomic E-state index is 14.4. The Morgan fingerprint density at radius 1 is 1.46 bits per heavy atom. The molecule has 2 aromatic rings. The third-order valence-corrected chi connectivity index (χ3v) is 3.71. The van der Waals surface area contributed by atoms with E-state index in [2.05, 4.69) is 10.4 Å². The summed E-state index contributed by atoms with van der Waals surface area (Å²) >= 11 is 0. The minimum Gasteiger partial charge on any atom is -0.442 e. The summed E-state index contributed by atoms with van der Waals surface area (Å²) in [5, 5.41) is 6.76. The minimum atomic E-state index is -0.560. The second kappa shape index (κ2) is 6.31. The third-order valence-electron chi connectivity index (χ3n) is 3.71. The number of anilines is 1. The van der Waals surface area contributed by atoms with Crippen LogP contribution in [0.4, 0.5) is 14.9 Å². The van der Waals surface area contributed by atoms with E-state index in [0.29, 0.717) is 16.9 Å². The number of carbonyl (C=O) groups is 2. The highest BCUT2D eigenvalue weighted by molar-refractivity contribution is 5.90. The molecule has 0 spiro atoms. The van der Waals surface area contributed by atoms with Gasteiger partial charge in [0.05, 0.1) is 24.5 Å². The van der Waals surface area contributed by atoms with Crippen LogP contribution in [-0.4, -0.2) is 41.0 Å². The number of benzene rings is 1. The second-order valence-electron chi connectivity index (χ2n) is 5.59. The Kier molecular flexibility index (Phi) is 4.20. The van der Waals surface area contributed by atoms with E-state index in [4.69, 9.17) is 4.74 Å². The SMILES string of the molecule is CC(=O)NC[C@H]1CN(c2ccc(-c3ccn(C)n3)c(F)c2)C(=O)O1. The Balaban J connectivity index is 1.77. The van der Waals surface area contributed by atoms with Crippen LogP contribution >= 0.6 is 0 Å². The molecule has 3 rings (SSSR count). The summed E-state index contributed by atoms with van der Waals surface area (Å²) in [6.45, 7) is 1.87. The lowest BCUT2D eigenvalue weighted by Gasteiger charge is -2.14. The van der Waals surface area contributed by atoms with Crippen LogP contribution in [0, 0.1) is 5.82 Å². The summed E-state index contributed by atoms with van der Waals surface area (Å²) in [7, 11) is 1.76. The van der Waals surface area contributed by atoms with Crippen LogP contribution in [0.5, 0.6) is 0 Å². The van der Waals surface area contributed by atoms with E-state index in [0.717, 1.165) is 0 Å². The fourth-order valence-corrected chi connectivity index (χ4v) is 2.53. The van der Waals surface area contributed by atoms with Crippen molar-refractivity contribution in [3.63, 3.8) is 0 Å². The number of amides is 2. The fourth-order valence-electron chi connectivity index (χ4n) is 2.53. The molecule has 0 radical (unpaired) electrons. The van der Waals surface area contributed by atoms with Crippen molar-refractivity contribution < 1.29 is 18.7 Å². The Labute approximate surface area is 138 Å². The van der Waals surface area contributed by atoms with Gasteiger partial charge in [0, 0.05) is 25.7 Å². The summed E-state index contributed by atoms with van der Waals surface area (Å²) in [5.74, 6) is -0.667. The van der Waals surface area contributed by atoms with Crippen molar-refractivity contribution in [3.8, 4) is 11.3 Å². The van der Waals surface area contributed by atoms with Gasteiger partial charge in [0.25, 0.3) is 0 Å². The normalized spacial score (nSPS) is 17.0. The van der Waals surface area contributed by atoms with E-state index in [1.165, 1.54) is 17.9 Å². The van der Waals surface area contributed by atoms with Gasteiger partial charge in [-0.15, -0.1) is 0 Å². The van der Waals surface area contributed by atoms with Crippen molar-refractivity contribution in [1.82, 2.24) is 15.1 Å². The van der Waals surface area contributed by atoms with E-state index >= 15 is 0 Å². The maximum Gasteiger partial charge on any atom is 0.414 e. The molecule has 1 fully saturated rings. The zero-order valence-electron chi connectivity index (χ0n) is 13.3. The molecule has 1 saturated heterocycles. The van der Waals surface area contributed by atoms with E-state index in [9.17, 15) is 14.0 Å². The van der Waals surface area contributed by atoms with Crippen molar-refractivity contribution in [1.29, 1.82) is 0 Å². The predicted octanol–water partition coefficient (Wildman–Crippen LogP) is 1.69. The Morgan fingerprint density at radius 2 is 2.25 bits per heavy atom. The molecule has 1 aromatic carbocycles. The summed E-state index contributed by atoms with van der Waals surface area (Å²) in [5.41, 5.74) is 1.29. The zero-order chi connectivity index (χ0) is 17.3. The van der Waals surface area contributed by atoms with Gasteiger partial charge in [-0.1, -0.05) is 0 Å². The van der Waals surface area contributed by atoms with Gasteiger partial charge >= 0.3 is 6.09 Å². The molecular weight excluding hydrogens is 315 g/mol. The molecule has 0 bridgehead atoms. The second-order valence-corrected chi connectivity index (χ2v) is 5.59. The van der Waals surface area contributed by atoms with Crippen molar-refractivity contribution in [2.75, 3.05) is 18.0 Å². The topological polar surface area (TPSA) is 76.5 Å². The van der Waals surface area contributed by atoms with Crippen molar-refractivity contribution >= 4 is 17.7 Å². The van der Waals surface area contributed by atoms with Crippen LogP contribution in [0.1, 0.15) is 6.92 Å². The van der Waals surface area contributed by atoms with E-state index in [-0.39, 0.29) is 19.0 Å². The molecule has 126 valence electrons. The lowest BCUT2D eigenvalue weighted by Crippen LogP contribution is -2.33. The third kappa shape index (κ3) is 3.22. The summed E-state index contributed by atoms with van der Waals surface area (Å²) in [6, 6.07) is 6.23. The van der Waals surface area contributed by atoms with Crippen molar-refractivity contribution in [2.45, 2.75) is 13.0 Å². The van der Waals surface area contributed by atoms with Crippen LogP contribution in [0.15, 0.2) is 30.5 Å². The Hall–Kier alpha value is -2.90. The number of halogens is 1. The summed E-state index contributed by atoms with van der Waals surface area (Å²) in [6.07, 6.45) is 0.711. The molecule has 0 unspecified atom stereocenters. The predicted molar refractivity (Wildman–Crippen MR) is 84.9 cm³/mol. The Bertz CT molecular complexity index is 789. The summed E-state index contributed by atoms with van der Waals surface area (Å²) in [4.78, 5) is 24.2. The number of rotatable bonds is 4. The molecule has 0 saturated carbocycles. The van der Waals surface area contributed by atoms with Gasteiger partial charge in [-0.05, 0) is 24.3 Å². The molecule has 1 atom stereocenters. The van der Waals surface area contributed by atoms with Crippen LogP contribution < -0.4 is 10.2 Å². The maximum absolute atomic E-state index is 14.4. The van der Waals surface area contributed by atoms with E-state index < -0.39 is 18.0 Å². The molecule has 7 nitrogen and oxygen atoms in total. The molecule has 24 heavy (non-hydrogen) atoms. The van der Waals surface area contributed by atoms with Gasteiger partial charge in [-0.2, -0.15) is 5.10 Å². The largest absolute Gasteiger partial charge is 0.442 e. The van der Waals surface area contributed by atoms with Gasteiger partial charge < -0.3 is 10.1 Å². The lowest BCUT2D eigenvalue weighted by atomic mass is 10.1. The molecule has 8 heteroatoms. The van der Waals surface area contributed by atoms with Crippen LogP contribution in [0.3, 0.4) is 0 Å². The zero-order valence-corrected chi connectivity index (χ0v) is 13.3. The van der Waals surface area contributed by atoms with Gasteiger partial charge in [-0.25, -0.2) is 9.18 Å². The van der Waals surface area contributed by atoms with Crippen LogP contribution in [-0.2, 0) is 16.6 Å². The highest BCUT2D eigenvalue weighted by atomic mass is 19.1. The molecule has 1 aliphatic heterocycles. The number of ether oxygens (including phenoxy) is 1. The van der Waals surface area contributed by atoms with Gasteiger partial charge in [-0.3, -0.25) is 14.4 Å². The highest BCUT2D eigenvalue weighted by Gasteiger charge is 2.32. The average Bonchev–Trinajstić information content (AvgIpc) is 3.11. The molecule has 1 aliphatic rings. The van der Waals surface area contributed by atoms with Crippen LogP contribution in [0.2, 0.25) is 0 Å². The standard InChI is InChI=1S/C16H17FN4O3/c1-10(22)18-8-12-9-21(16(23)24-12)11-3-4-13(14(17)7-11)15-5-6-20(2)19-15/h3-7,12H,8-9H2,1-2H3,(H,18,22)/t12-/m0/s1. The molecule has 2 amide bonds. The highest BCUT2D eigenvalue weighted by Crippen LogP contribution is 2.28. The molecule has 1 aromatic heterocycles.